The van der Waals surface area contributed by atoms with Crippen molar-refractivity contribution in [2.45, 2.75) is 37.0 Å². The summed E-state index contributed by atoms with van der Waals surface area (Å²) < 4.78 is 5.40. The van der Waals surface area contributed by atoms with Crippen molar-refractivity contribution >= 4 is 81.1 Å². The Kier molecular flexibility index (Phi) is 12.8. The molecule has 1 aromatic heterocycles. The summed E-state index contributed by atoms with van der Waals surface area (Å²) in [5.74, 6) is -2.01. The highest BCUT2D eigenvalue weighted by Gasteiger charge is 2.32. The van der Waals surface area contributed by atoms with E-state index in [-0.39, 0.29) is 24.1 Å². The molecule has 1 aliphatic heterocycles. The van der Waals surface area contributed by atoms with Crippen LogP contribution < -0.4 is 16.0 Å². The normalized spacial score (nSPS) is 12.9. The van der Waals surface area contributed by atoms with Gasteiger partial charge in [0, 0.05) is 39.5 Å². The van der Waals surface area contributed by atoms with E-state index in [2.05, 4.69) is 16.0 Å². The molecular weight excluding hydrogens is 756 g/mol. The average molecular weight is 793 g/mol. The topological polar surface area (TPSA) is 134 Å². The van der Waals surface area contributed by atoms with E-state index in [1.165, 1.54) is 36.1 Å². The smallest absolute Gasteiger partial charge is 0.341 e. The number of nitrogens with zero attached hydrogens (tertiary/aromatic N) is 1. The quantitative estimate of drug-likeness (QED) is 0.0657. The molecule has 0 saturated carbocycles. The Morgan fingerprint density at radius 3 is 2.33 bits per heavy atom. The molecule has 10 nitrogen and oxygen atoms in total. The molecular formula is C42H37ClN4O6S2. The number of halogens is 1. The Hall–Kier alpha value is -5.69. The van der Waals surface area contributed by atoms with Crippen LogP contribution >= 0.6 is 34.7 Å². The van der Waals surface area contributed by atoms with Gasteiger partial charge in [-0.05, 0) is 72.5 Å². The molecule has 0 bridgehead atoms. The van der Waals surface area contributed by atoms with Crippen LogP contribution in [0.3, 0.4) is 0 Å². The predicted octanol–water partition coefficient (Wildman–Crippen LogP) is 8.36. The van der Waals surface area contributed by atoms with Gasteiger partial charge in [0.25, 0.3) is 11.8 Å². The summed E-state index contributed by atoms with van der Waals surface area (Å²) in [5, 5.41) is 8.62. The molecule has 0 saturated heterocycles. The fourth-order valence-corrected chi connectivity index (χ4v) is 8.46. The van der Waals surface area contributed by atoms with Crippen LogP contribution in [0.2, 0.25) is 5.02 Å². The largest absolute Gasteiger partial charge is 0.462 e. The van der Waals surface area contributed by atoms with Crippen LogP contribution in [0.5, 0.6) is 0 Å². The lowest BCUT2D eigenvalue weighted by atomic mass is 10.0. The number of rotatable bonds is 12. The molecule has 0 radical (unpaired) electrons. The summed E-state index contributed by atoms with van der Waals surface area (Å²) in [4.78, 5) is 69.7. The van der Waals surface area contributed by atoms with E-state index in [9.17, 15) is 24.0 Å². The maximum Gasteiger partial charge on any atom is 0.341 e. The molecule has 1 unspecified atom stereocenters. The fourth-order valence-electron chi connectivity index (χ4n) is 5.93. The molecule has 1 aliphatic rings. The van der Waals surface area contributed by atoms with Crippen molar-refractivity contribution < 1.29 is 28.7 Å². The molecule has 4 aromatic carbocycles. The third-order valence-corrected chi connectivity index (χ3v) is 11.4. The molecule has 6 rings (SSSR count). The first-order valence-electron chi connectivity index (χ1n) is 17.4. The van der Waals surface area contributed by atoms with Crippen LogP contribution in [-0.4, -0.2) is 47.6 Å². The highest BCUT2D eigenvalue weighted by atomic mass is 35.5. The molecule has 13 heteroatoms. The van der Waals surface area contributed by atoms with Crippen LogP contribution in [-0.2, 0) is 32.1 Å². The number of thiophene rings is 1. The molecule has 1 atom stereocenters. The van der Waals surface area contributed by atoms with Crippen LogP contribution in [0.15, 0.2) is 120 Å². The lowest BCUT2D eigenvalue weighted by Gasteiger charge is -2.25. The van der Waals surface area contributed by atoms with Crippen molar-refractivity contribution in [1.29, 1.82) is 0 Å². The minimum atomic E-state index is -0.768. The molecule has 4 amide bonds. The van der Waals surface area contributed by atoms with Gasteiger partial charge in [-0.3, -0.25) is 19.2 Å². The van der Waals surface area contributed by atoms with Gasteiger partial charge in [0.05, 0.1) is 18.7 Å². The lowest BCUT2D eigenvalue weighted by molar-refractivity contribution is -0.129. The highest BCUT2D eigenvalue weighted by Crippen LogP contribution is 2.41. The molecule has 280 valence electrons. The first-order valence-corrected chi connectivity index (χ1v) is 19.5. The van der Waals surface area contributed by atoms with Crippen LogP contribution in [0.1, 0.15) is 61.4 Å². The first kappa shape index (κ1) is 39.0. The van der Waals surface area contributed by atoms with Gasteiger partial charge in [-0.15, -0.1) is 23.1 Å². The van der Waals surface area contributed by atoms with E-state index in [0.717, 1.165) is 16.0 Å². The number of hydrogen-bond acceptors (Lipinski definition) is 8. The fraction of sp³-hybridized carbons (Fsp3) is 0.167. The van der Waals surface area contributed by atoms with Gasteiger partial charge in [-0.2, -0.15) is 0 Å². The lowest BCUT2D eigenvalue weighted by Crippen LogP contribution is -2.34. The number of anilines is 2. The Morgan fingerprint density at radius 2 is 1.62 bits per heavy atom. The Bertz CT molecular complexity index is 2260. The standard InChI is InChI=1S/C42H37ClN4O6S2/c1-3-53-42(52)36-32-21-22-47(26(2)48)25-35(32)55-41(36)46-40(51)37(27-13-6-4-7-14-27)54-31-19-12-18-30(24-31)44-39(50)34(23-29-17-10-11-20-33(29)43)45-38(49)28-15-8-5-9-16-28/h4-20,23-24,37H,3,21-22,25H2,1-2H3,(H,44,50)(H,45,49)(H,46,51)/b34-23+. The minimum absolute atomic E-state index is 0.0241. The second-order valence-corrected chi connectivity index (χ2v) is 15.1. The molecule has 5 aromatic rings. The Labute approximate surface area is 331 Å². The van der Waals surface area contributed by atoms with Crippen molar-refractivity contribution in [3.63, 3.8) is 0 Å². The number of carbonyl (C=O) groups is 5. The zero-order valence-corrected chi connectivity index (χ0v) is 32.4. The van der Waals surface area contributed by atoms with Crippen molar-refractivity contribution in [2.75, 3.05) is 23.8 Å². The van der Waals surface area contributed by atoms with Crippen molar-refractivity contribution in [2.24, 2.45) is 0 Å². The first-order chi connectivity index (χ1) is 26.6. The number of ether oxygens (including phenoxy) is 1. The van der Waals surface area contributed by atoms with Crippen molar-refractivity contribution in [1.82, 2.24) is 10.2 Å². The van der Waals surface area contributed by atoms with Gasteiger partial charge in [0.2, 0.25) is 11.8 Å². The number of nitrogens with one attached hydrogen (secondary N) is 3. The van der Waals surface area contributed by atoms with Crippen molar-refractivity contribution in [3.8, 4) is 0 Å². The van der Waals surface area contributed by atoms with E-state index in [4.69, 9.17) is 16.3 Å². The van der Waals surface area contributed by atoms with Gasteiger partial charge in [-0.1, -0.05) is 84.4 Å². The number of esters is 1. The number of fused-ring (bicyclic) bond motifs is 1. The minimum Gasteiger partial charge on any atom is -0.462 e. The highest BCUT2D eigenvalue weighted by molar-refractivity contribution is 8.00. The van der Waals surface area contributed by atoms with Crippen LogP contribution in [0.25, 0.3) is 6.08 Å². The van der Waals surface area contributed by atoms with Gasteiger partial charge in [-0.25, -0.2) is 4.79 Å². The van der Waals surface area contributed by atoms with Crippen LogP contribution in [0, 0.1) is 0 Å². The van der Waals surface area contributed by atoms with E-state index >= 15 is 0 Å². The zero-order chi connectivity index (χ0) is 38.9. The molecule has 0 spiro atoms. The SMILES string of the molecule is CCOC(=O)c1c(NC(=O)C(Sc2cccc(NC(=O)/C(=C\c3ccccc3Cl)NC(=O)c3ccccc3)c2)c2ccccc2)sc2c1CCN(C(C)=O)C2. The molecule has 0 aliphatic carbocycles. The van der Waals surface area contributed by atoms with Gasteiger partial charge < -0.3 is 25.6 Å². The zero-order valence-electron chi connectivity index (χ0n) is 30.0. The third-order valence-electron chi connectivity index (χ3n) is 8.64. The summed E-state index contributed by atoms with van der Waals surface area (Å²) >= 11 is 8.94. The third kappa shape index (κ3) is 9.71. The maximum absolute atomic E-state index is 14.2. The Balaban J connectivity index is 1.26. The van der Waals surface area contributed by atoms with Crippen molar-refractivity contribution in [3.05, 3.63) is 153 Å². The molecule has 0 fully saturated rings. The molecule has 55 heavy (non-hydrogen) atoms. The number of hydrogen-bond donors (Lipinski definition) is 3. The number of benzene rings is 4. The van der Waals surface area contributed by atoms with Gasteiger partial charge in [0.15, 0.2) is 0 Å². The average Bonchev–Trinajstić information content (AvgIpc) is 3.55. The van der Waals surface area contributed by atoms with Gasteiger partial charge >= 0.3 is 5.97 Å². The second kappa shape index (κ2) is 18.1. The van der Waals surface area contributed by atoms with E-state index in [1.54, 1.807) is 84.6 Å². The molecule has 3 N–H and O–H groups in total. The summed E-state index contributed by atoms with van der Waals surface area (Å²) in [6, 6.07) is 31.8. The predicted molar refractivity (Wildman–Crippen MR) is 217 cm³/mol. The summed E-state index contributed by atoms with van der Waals surface area (Å²) in [7, 11) is 0. The summed E-state index contributed by atoms with van der Waals surface area (Å²) in [6.45, 7) is 4.21. The summed E-state index contributed by atoms with van der Waals surface area (Å²) in [6.07, 6.45) is 1.98. The maximum atomic E-state index is 14.2. The number of thioether (sulfide) groups is 1. The van der Waals surface area contributed by atoms with E-state index in [0.29, 0.717) is 56.8 Å². The van der Waals surface area contributed by atoms with E-state index in [1.807, 2.05) is 36.4 Å². The summed E-state index contributed by atoms with van der Waals surface area (Å²) in [5.41, 5.74) is 3.13. The van der Waals surface area contributed by atoms with Gasteiger partial charge in [0.1, 0.15) is 15.9 Å². The second-order valence-electron chi connectivity index (χ2n) is 12.4. The van der Waals surface area contributed by atoms with Crippen LogP contribution in [0.4, 0.5) is 10.7 Å². The van der Waals surface area contributed by atoms with E-state index < -0.39 is 23.0 Å². The number of amides is 4. The monoisotopic (exact) mass is 792 g/mol. The Morgan fingerprint density at radius 1 is 0.909 bits per heavy atom. The molecule has 2 heterocycles. The number of carbonyl (C=O) groups excluding carboxylic acids is 5.